The lowest BCUT2D eigenvalue weighted by Crippen LogP contribution is -2.39. The number of benzene rings is 1. The summed E-state index contributed by atoms with van der Waals surface area (Å²) in [6.45, 7) is 1.48. The van der Waals surface area contributed by atoms with E-state index in [1.54, 1.807) is 30.2 Å². The van der Waals surface area contributed by atoms with Gasteiger partial charge < -0.3 is 15.3 Å². The predicted octanol–water partition coefficient (Wildman–Crippen LogP) is 1.78. The van der Waals surface area contributed by atoms with Gasteiger partial charge in [0.15, 0.2) is 5.96 Å². The van der Waals surface area contributed by atoms with Crippen molar-refractivity contribution in [2.24, 2.45) is 12.0 Å². The van der Waals surface area contributed by atoms with Crippen LogP contribution in [0.15, 0.2) is 35.6 Å². The first-order chi connectivity index (χ1) is 11.1. The molecule has 2 rings (SSSR count). The van der Waals surface area contributed by atoms with Crippen LogP contribution in [0.2, 0.25) is 0 Å². The molecule has 0 radical (unpaired) electrons. The fraction of sp³-hybridized carbons (Fsp3) is 0.438. The number of nitrogens with one attached hydrogen (secondary N) is 1. The quantitative estimate of drug-likeness (QED) is 0.308. The number of nitrogens with zero attached hydrogens (tertiary/aromatic N) is 5. The smallest absolute Gasteiger partial charge is 0.193 e. The Morgan fingerprint density at radius 3 is 2.62 bits per heavy atom. The zero-order chi connectivity index (χ0) is 16.7. The Morgan fingerprint density at radius 1 is 1.33 bits per heavy atom. The van der Waals surface area contributed by atoms with E-state index in [1.807, 2.05) is 31.1 Å². The van der Waals surface area contributed by atoms with Crippen molar-refractivity contribution >= 4 is 29.9 Å². The molecule has 0 saturated heterocycles. The van der Waals surface area contributed by atoms with Crippen LogP contribution in [-0.4, -0.2) is 51.4 Å². The van der Waals surface area contributed by atoms with Gasteiger partial charge >= 0.3 is 0 Å². The van der Waals surface area contributed by atoms with E-state index in [-0.39, 0.29) is 24.0 Å². The fourth-order valence-corrected chi connectivity index (χ4v) is 2.29. The maximum absolute atomic E-state index is 9.27. The molecule has 0 aliphatic carbocycles. The van der Waals surface area contributed by atoms with Crippen LogP contribution in [0.5, 0.6) is 5.75 Å². The molecule has 1 heterocycles. The summed E-state index contributed by atoms with van der Waals surface area (Å²) in [5.41, 5.74) is 1.21. The van der Waals surface area contributed by atoms with E-state index in [0.717, 1.165) is 31.2 Å². The molecule has 0 bridgehead atoms. The molecule has 0 amide bonds. The number of rotatable bonds is 6. The van der Waals surface area contributed by atoms with Gasteiger partial charge in [-0.15, -0.1) is 24.0 Å². The molecule has 8 heteroatoms. The van der Waals surface area contributed by atoms with Gasteiger partial charge in [0.2, 0.25) is 0 Å². The number of aromatic nitrogens is 3. The van der Waals surface area contributed by atoms with Crippen molar-refractivity contribution in [3.8, 4) is 5.75 Å². The van der Waals surface area contributed by atoms with Crippen LogP contribution < -0.4 is 5.32 Å². The highest BCUT2D eigenvalue weighted by molar-refractivity contribution is 14.0. The first kappa shape index (κ1) is 20.2. The van der Waals surface area contributed by atoms with Gasteiger partial charge in [-0.3, -0.25) is 9.67 Å². The summed E-state index contributed by atoms with van der Waals surface area (Å²) in [5, 5.41) is 16.7. The number of hydrogen-bond donors (Lipinski definition) is 2. The molecule has 0 unspecified atom stereocenters. The fourth-order valence-electron chi connectivity index (χ4n) is 2.29. The lowest BCUT2D eigenvalue weighted by Gasteiger charge is -2.21. The van der Waals surface area contributed by atoms with E-state index in [9.17, 15) is 5.11 Å². The van der Waals surface area contributed by atoms with Crippen molar-refractivity contribution in [1.82, 2.24) is 25.0 Å². The third-order valence-corrected chi connectivity index (χ3v) is 3.62. The molecular formula is C16H25IN6O. The number of phenolic OH excluding ortho intramolecular Hbond substituents is 1. The molecule has 2 aromatic rings. The number of halogens is 1. The Labute approximate surface area is 159 Å². The van der Waals surface area contributed by atoms with E-state index in [4.69, 9.17) is 0 Å². The van der Waals surface area contributed by atoms with E-state index < -0.39 is 0 Å². The summed E-state index contributed by atoms with van der Waals surface area (Å²) in [5.74, 6) is 2.02. The summed E-state index contributed by atoms with van der Waals surface area (Å²) >= 11 is 0. The van der Waals surface area contributed by atoms with Crippen LogP contribution in [0.3, 0.4) is 0 Å². The lowest BCUT2D eigenvalue weighted by atomic mass is 10.1. The van der Waals surface area contributed by atoms with Gasteiger partial charge in [-0.1, -0.05) is 12.1 Å². The normalized spacial score (nSPS) is 11.0. The van der Waals surface area contributed by atoms with E-state index in [2.05, 4.69) is 20.4 Å². The minimum absolute atomic E-state index is 0. The minimum atomic E-state index is 0. The summed E-state index contributed by atoms with van der Waals surface area (Å²) in [6, 6.07) is 7.33. The monoisotopic (exact) mass is 444 g/mol. The Hall–Kier alpha value is -1.84. The molecular weight excluding hydrogens is 419 g/mol. The van der Waals surface area contributed by atoms with Crippen molar-refractivity contribution in [3.63, 3.8) is 0 Å². The standard InChI is InChI=1S/C16H24N6O.HI/c1-17-16(21(2)11-15-19-12-20-22(15)3)18-10-4-5-13-6-8-14(23)9-7-13;/h6-9,12,23H,4-5,10-11H2,1-3H3,(H,17,18);1H. The maximum atomic E-state index is 9.27. The zero-order valence-corrected chi connectivity index (χ0v) is 16.6. The Bertz CT molecular complexity index is 640. The molecule has 0 saturated carbocycles. The molecule has 1 aromatic heterocycles. The second-order valence-corrected chi connectivity index (χ2v) is 5.40. The highest BCUT2D eigenvalue weighted by Crippen LogP contribution is 2.10. The van der Waals surface area contributed by atoms with E-state index in [0.29, 0.717) is 12.3 Å². The van der Waals surface area contributed by atoms with E-state index in [1.165, 1.54) is 5.56 Å². The zero-order valence-electron chi connectivity index (χ0n) is 14.3. The molecule has 0 aliphatic heterocycles. The number of aromatic hydroxyl groups is 1. The molecule has 0 aliphatic rings. The van der Waals surface area contributed by atoms with Crippen LogP contribution in [-0.2, 0) is 20.0 Å². The molecule has 1 aromatic carbocycles. The van der Waals surface area contributed by atoms with Gasteiger partial charge in [0.05, 0.1) is 6.54 Å². The third kappa shape index (κ3) is 5.99. The minimum Gasteiger partial charge on any atom is -0.508 e. The molecule has 7 nitrogen and oxygen atoms in total. The maximum Gasteiger partial charge on any atom is 0.193 e. The van der Waals surface area contributed by atoms with Crippen molar-refractivity contribution in [2.75, 3.05) is 20.6 Å². The van der Waals surface area contributed by atoms with Gasteiger partial charge in [0.1, 0.15) is 17.9 Å². The predicted molar refractivity (Wildman–Crippen MR) is 106 cm³/mol. The number of phenols is 1. The van der Waals surface area contributed by atoms with Crippen LogP contribution in [0.1, 0.15) is 17.8 Å². The molecule has 0 fully saturated rings. The molecule has 0 atom stereocenters. The van der Waals surface area contributed by atoms with Crippen LogP contribution >= 0.6 is 24.0 Å². The first-order valence-corrected chi connectivity index (χ1v) is 7.62. The second-order valence-electron chi connectivity index (χ2n) is 5.40. The average molecular weight is 444 g/mol. The summed E-state index contributed by atoms with van der Waals surface area (Å²) < 4.78 is 1.76. The van der Waals surface area contributed by atoms with Gasteiger partial charge in [-0.2, -0.15) is 5.10 Å². The third-order valence-electron chi connectivity index (χ3n) is 3.62. The van der Waals surface area contributed by atoms with Gasteiger partial charge in [-0.25, -0.2) is 4.98 Å². The highest BCUT2D eigenvalue weighted by Gasteiger charge is 2.09. The molecule has 2 N–H and O–H groups in total. The van der Waals surface area contributed by atoms with Gasteiger partial charge in [-0.05, 0) is 30.5 Å². The second kappa shape index (κ2) is 10.1. The lowest BCUT2D eigenvalue weighted by molar-refractivity contribution is 0.448. The Kier molecular flexibility index (Phi) is 8.51. The van der Waals surface area contributed by atoms with Gasteiger partial charge in [0.25, 0.3) is 0 Å². The molecule has 132 valence electrons. The summed E-state index contributed by atoms with van der Waals surface area (Å²) in [4.78, 5) is 10.5. The highest BCUT2D eigenvalue weighted by atomic mass is 127. The average Bonchev–Trinajstić information content (AvgIpc) is 2.94. The largest absolute Gasteiger partial charge is 0.508 e. The summed E-state index contributed by atoms with van der Waals surface area (Å²) in [7, 11) is 5.63. The van der Waals surface area contributed by atoms with Crippen molar-refractivity contribution < 1.29 is 5.11 Å². The van der Waals surface area contributed by atoms with E-state index >= 15 is 0 Å². The van der Waals surface area contributed by atoms with Crippen LogP contribution in [0.4, 0.5) is 0 Å². The summed E-state index contributed by atoms with van der Waals surface area (Å²) in [6.07, 6.45) is 3.50. The topological polar surface area (TPSA) is 78.6 Å². The van der Waals surface area contributed by atoms with Crippen LogP contribution in [0, 0.1) is 0 Å². The first-order valence-electron chi connectivity index (χ1n) is 7.62. The Balaban J connectivity index is 0.00000288. The SMILES string of the molecule is CN=C(NCCCc1ccc(O)cc1)N(C)Cc1ncnn1C.I. The van der Waals surface area contributed by atoms with Crippen molar-refractivity contribution in [1.29, 1.82) is 0 Å². The number of aliphatic imine (C=N–C) groups is 1. The molecule has 0 spiro atoms. The molecule has 24 heavy (non-hydrogen) atoms. The number of aryl methyl sites for hydroxylation is 2. The number of hydrogen-bond acceptors (Lipinski definition) is 4. The Morgan fingerprint density at radius 2 is 2.04 bits per heavy atom. The van der Waals surface area contributed by atoms with Crippen LogP contribution in [0.25, 0.3) is 0 Å². The van der Waals surface area contributed by atoms with Gasteiger partial charge in [0, 0.05) is 27.7 Å². The van der Waals surface area contributed by atoms with Crippen molar-refractivity contribution in [2.45, 2.75) is 19.4 Å². The number of guanidine groups is 1. The van der Waals surface area contributed by atoms with Crippen molar-refractivity contribution in [3.05, 3.63) is 42.0 Å².